The molecule has 0 saturated heterocycles. The van der Waals surface area contributed by atoms with Crippen molar-refractivity contribution < 1.29 is 8.42 Å². The molecule has 5 nitrogen and oxygen atoms in total. The molecule has 1 aliphatic carbocycles. The van der Waals surface area contributed by atoms with E-state index in [1.807, 2.05) is 12.1 Å². The Hall–Kier alpha value is -0.980. The highest BCUT2D eigenvalue weighted by Crippen LogP contribution is 2.44. The lowest BCUT2D eigenvalue weighted by molar-refractivity contribution is 0.452. The number of nitrogens with one attached hydrogen (secondary N) is 2. The lowest BCUT2D eigenvalue weighted by Gasteiger charge is -2.20. The predicted octanol–water partition coefficient (Wildman–Crippen LogP) is 1.12. The van der Waals surface area contributed by atoms with E-state index in [4.69, 9.17) is 0 Å². The fourth-order valence-corrected chi connectivity index (χ4v) is 2.61. The molecule has 0 amide bonds. The molecule has 1 aliphatic rings. The molecule has 0 atom stereocenters. The monoisotopic (exact) mass is 283 g/mol. The summed E-state index contributed by atoms with van der Waals surface area (Å²) in [5.74, 6) is 0. The number of hydrogen-bond donors (Lipinski definition) is 2. The average molecular weight is 283 g/mol. The van der Waals surface area contributed by atoms with Gasteiger partial charge < -0.3 is 5.32 Å². The van der Waals surface area contributed by atoms with Gasteiger partial charge in [0.25, 0.3) is 0 Å². The van der Waals surface area contributed by atoms with Crippen LogP contribution in [0.5, 0.6) is 0 Å². The summed E-state index contributed by atoms with van der Waals surface area (Å²) in [5, 5.41) is 3.55. The van der Waals surface area contributed by atoms with Crippen LogP contribution in [-0.2, 0) is 22.1 Å². The van der Waals surface area contributed by atoms with Gasteiger partial charge in [-0.15, -0.1) is 0 Å². The fourth-order valence-electron chi connectivity index (χ4n) is 2.18. The molecule has 0 radical (unpaired) electrons. The Kier molecular flexibility index (Phi) is 3.94. The van der Waals surface area contributed by atoms with Gasteiger partial charge in [-0.05, 0) is 38.3 Å². The summed E-state index contributed by atoms with van der Waals surface area (Å²) >= 11 is 0. The maximum absolute atomic E-state index is 11.0. The van der Waals surface area contributed by atoms with Gasteiger partial charge in [-0.1, -0.05) is 6.07 Å². The molecule has 1 aromatic heterocycles. The Morgan fingerprint density at radius 1 is 1.37 bits per heavy atom. The zero-order valence-electron chi connectivity index (χ0n) is 11.6. The molecule has 19 heavy (non-hydrogen) atoms. The van der Waals surface area contributed by atoms with Crippen molar-refractivity contribution in [2.75, 3.05) is 6.26 Å². The van der Waals surface area contributed by atoms with E-state index in [1.165, 1.54) is 0 Å². The van der Waals surface area contributed by atoms with Crippen molar-refractivity contribution in [1.82, 2.24) is 15.0 Å². The van der Waals surface area contributed by atoms with Crippen molar-refractivity contribution in [3.8, 4) is 0 Å². The number of hydrogen-bond acceptors (Lipinski definition) is 4. The molecule has 6 heteroatoms. The molecular weight excluding hydrogens is 262 g/mol. The van der Waals surface area contributed by atoms with Crippen LogP contribution in [-0.4, -0.2) is 25.7 Å². The van der Waals surface area contributed by atoms with E-state index >= 15 is 0 Å². The van der Waals surface area contributed by atoms with Crippen molar-refractivity contribution in [3.63, 3.8) is 0 Å². The third-order valence-corrected chi connectivity index (χ3v) is 3.84. The largest absolute Gasteiger partial charge is 0.304 e. The Bertz CT molecular complexity index is 534. The molecule has 1 saturated carbocycles. The highest BCUT2D eigenvalue weighted by atomic mass is 32.2. The average Bonchev–Trinajstić information content (AvgIpc) is 3.06. The van der Waals surface area contributed by atoms with Crippen LogP contribution in [0.25, 0.3) is 0 Å². The first-order valence-corrected chi connectivity index (χ1v) is 8.38. The Morgan fingerprint density at radius 2 is 2.05 bits per heavy atom. The van der Waals surface area contributed by atoms with Crippen molar-refractivity contribution >= 4 is 10.0 Å². The van der Waals surface area contributed by atoms with E-state index in [0.29, 0.717) is 6.04 Å². The van der Waals surface area contributed by atoms with Gasteiger partial charge in [0.1, 0.15) is 0 Å². The van der Waals surface area contributed by atoms with Gasteiger partial charge in [-0.25, -0.2) is 13.1 Å². The van der Waals surface area contributed by atoms with Crippen LogP contribution in [0.15, 0.2) is 18.3 Å². The number of aromatic nitrogens is 1. The zero-order chi connectivity index (χ0) is 14.1. The minimum atomic E-state index is -3.15. The predicted molar refractivity (Wildman–Crippen MR) is 75.1 cm³/mol. The first-order valence-electron chi connectivity index (χ1n) is 6.48. The molecule has 0 aromatic carbocycles. The maximum Gasteiger partial charge on any atom is 0.209 e. The summed E-state index contributed by atoms with van der Waals surface area (Å²) in [7, 11) is -3.15. The number of rotatable bonds is 6. The van der Waals surface area contributed by atoms with Gasteiger partial charge in [0.2, 0.25) is 10.0 Å². The van der Waals surface area contributed by atoms with Gasteiger partial charge in [0, 0.05) is 18.8 Å². The topological polar surface area (TPSA) is 71.1 Å². The second-order valence-electron chi connectivity index (χ2n) is 5.53. The summed E-state index contributed by atoms with van der Waals surface area (Å²) in [6.45, 7) is 4.55. The third-order valence-electron chi connectivity index (χ3n) is 3.17. The van der Waals surface area contributed by atoms with Crippen LogP contribution < -0.4 is 10.0 Å². The van der Waals surface area contributed by atoms with E-state index in [2.05, 4.69) is 28.9 Å². The second kappa shape index (κ2) is 5.19. The van der Waals surface area contributed by atoms with E-state index in [-0.39, 0.29) is 12.1 Å². The summed E-state index contributed by atoms with van der Waals surface area (Å²) in [6.07, 6.45) is 5.12. The fraction of sp³-hybridized carbons (Fsp3) is 0.615. The first-order chi connectivity index (χ1) is 8.81. The van der Waals surface area contributed by atoms with Crippen LogP contribution in [0.4, 0.5) is 0 Å². The summed E-state index contributed by atoms with van der Waals surface area (Å²) in [6, 6.07) is 4.35. The molecular formula is C13H21N3O2S. The standard InChI is InChI=1S/C13H21N3O2S/c1-10(2)16-13(6-7-13)12-5-4-11(8-14-12)9-15-19(3,17)18/h4-5,8,10,15-16H,6-7,9H2,1-3H3. The molecule has 0 aliphatic heterocycles. The lowest BCUT2D eigenvalue weighted by atomic mass is 10.1. The smallest absolute Gasteiger partial charge is 0.209 e. The normalized spacial score (nSPS) is 17.7. The first kappa shape index (κ1) is 14.4. The zero-order valence-corrected chi connectivity index (χ0v) is 12.4. The molecule has 2 N–H and O–H groups in total. The van der Waals surface area contributed by atoms with E-state index in [0.717, 1.165) is 30.4 Å². The van der Waals surface area contributed by atoms with Crippen LogP contribution in [0, 0.1) is 0 Å². The van der Waals surface area contributed by atoms with Crippen LogP contribution >= 0.6 is 0 Å². The summed E-state index contributed by atoms with van der Waals surface area (Å²) in [5.41, 5.74) is 1.95. The van der Waals surface area contributed by atoms with Crippen LogP contribution in [0.1, 0.15) is 37.9 Å². The number of sulfonamides is 1. The Balaban J connectivity index is 2.03. The highest BCUT2D eigenvalue weighted by molar-refractivity contribution is 7.88. The van der Waals surface area contributed by atoms with Crippen molar-refractivity contribution in [2.24, 2.45) is 0 Å². The molecule has 1 heterocycles. The molecule has 0 unspecified atom stereocenters. The van der Waals surface area contributed by atoms with Crippen molar-refractivity contribution in [1.29, 1.82) is 0 Å². The lowest BCUT2D eigenvalue weighted by Crippen LogP contribution is -2.35. The highest BCUT2D eigenvalue weighted by Gasteiger charge is 2.45. The van der Waals surface area contributed by atoms with E-state index in [9.17, 15) is 8.42 Å². The van der Waals surface area contributed by atoms with Gasteiger partial charge in [-0.2, -0.15) is 0 Å². The molecule has 106 valence electrons. The Morgan fingerprint density at radius 3 is 2.47 bits per heavy atom. The number of nitrogens with zero attached hydrogens (tertiary/aromatic N) is 1. The minimum absolute atomic E-state index is 0.0386. The van der Waals surface area contributed by atoms with Crippen LogP contribution in [0.3, 0.4) is 0 Å². The molecule has 2 rings (SSSR count). The van der Waals surface area contributed by atoms with Crippen molar-refractivity contribution in [2.45, 2.75) is 44.8 Å². The van der Waals surface area contributed by atoms with E-state index < -0.39 is 10.0 Å². The van der Waals surface area contributed by atoms with Gasteiger partial charge in [-0.3, -0.25) is 4.98 Å². The van der Waals surface area contributed by atoms with Gasteiger partial charge in [0.05, 0.1) is 17.5 Å². The number of pyridine rings is 1. The summed E-state index contributed by atoms with van der Waals surface area (Å²) < 4.78 is 24.5. The van der Waals surface area contributed by atoms with Crippen molar-refractivity contribution in [3.05, 3.63) is 29.6 Å². The van der Waals surface area contributed by atoms with Gasteiger partial charge in [0.15, 0.2) is 0 Å². The maximum atomic E-state index is 11.0. The van der Waals surface area contributed by atoms with Gasteiger partial charge >= 0.3 is 0 Å². The summed E-state index contributed by atoms with van der Waals surface area (Å²) in [4.78, 5) is 4.47. The SMILES string of the molecule is CC(C)NC1(c2ccc(CNS(C)(=O)=O)cn2)CC1. The van der Waals surface area contributed by atoms with Crippen LogP contribution in [0.2, 0.25) is 0 Å². The van der Waals surface area contributed by atoms with E-state index in [1.54, 1.807) is 6.20 Å². The second-order valence-corrected chi connectivity index (χ2v) is 7.36. The molecule has 0 bridgehead atoms. The Labute approximate surface area is 114 Å². The molecule has 1 aromatic rings. The minimum Gasteiger partial charge on any atom is -0.304 e. The quantitative estimate of drug-likeness (QED) is 0.820. The molecule has 1 fully saturated rings. The third kappa shape index (κ3) is 3.99. The molecule has 0 spiro atoms.